The molecule has 0 radical (unpaired) electrons. The van der Waals surface area contributed by atoms with Gasteiger partial charge in [-0.25, -0.2) is 0 Å². The Labute approximate surface area is 141 Å². The summed E-state index contributed by atoms with van der Waals surface area (Å²) in [7, 11) is 1.51. The number of carbonyl (C=O) groups is 2. The van der Waals surface area contributed by atoms with E-state index in [1.807, 2.05) is 43.3 Å². The largest absolute Gasteiger partial charge is 0.375 e. The van der Waals surface area contributed by atoms with Crippen molar-refractivity contribution in [3.05, 3.63) is 59.2 Å². The summed E-state index contributed by atoms with van der Waals surface area (Å²) >= 11 is 0. The number of ether oxygens (including phenoxy) is 1. The first-order chi connectivity index (χ1) is 11.6. The van der Waals surface area contributed by atoms with E-state index in [9.17, 15) is 9.59 Å². The van der Waals surface area contributed by atoms with Crippen molar-refractivity contribution >= 4 is 23.2 Å². The third kappa shape index (κ3) is 3.31. The molecule has 5 heteroatoms. The first-order valence-electron chi connectivity index (χ1n) is 7.89. The van der Waals surface area contributed by atoms with Crippen molar-refractivity contribution in [2.24, 2.45) is 0 Å². The molecular formula is C19H20N2O3. The van der Waals surface area contributed by atoms with Crippen LogP contribution in [0, 0.1) is 6.92 Å². The first kappa shape index (κ1) is 16.2. The maximum Gasteiger partial charge on any atom is 0.255 e. The molecule has 2 amide bonds. The summed E-state index contributed by atoms with van der Waals surface area (Å²) in [5, 5.41) is 2.92. The highest BCUT2D eigenvalue weighted by Gasteiger charge is 2.24. The number of anilines is 2. The number of carbonyl (C=O) groups excluding carboxylic acids is 2. The number of hydrogen-bond donors (Lipinski definition) is 1. The van der Waals surface area contributed by atoms with Crippen LogP contribution in [0.15, 0.2) is 42.5 Å². The molecule has 1 aliphatic heterocycles. The molecule has 1 N–H and O–H groups in total. The summed E-state index contributed by atoms with van der Waals surface area (Å²) in [6.45, 7) is 2.68. The summed E-state index contributed by atoms with van der Waals surface area (Å²) in [5.74, 6) is -0.184. The lowest BCUT2D eigenvalue weighted by Gasteiger charge is -2.17. The van der Waals surface area contributed by atoms with Gasteiger partial charge in [0.05, 0.1) is 0 Å². The van der Waals surface area contributed by atoms with Crippen molar-refractivity contribution in [2.45, 2.75) is 13.3 Å². The van der Waals surface area contributed by atoms with Crippen LogP contribution < -0.4 is 10.2 Å². The molecule has 0 saturated heterocycles. The number of hydrogen-bond acceptors (Lipinski definition) is 3. The van der Waals surface area contributed by atoms with Crippen molar-refractivity contribution in [1.82, 2.24) is 0 Å². The van der Waals surface area contributed by atoms with Gasteiger partial charge in [0.15, 0.2) is 0 Å². The van der Waals surface area contributed by atoms with E-state index in [2.05, 4.69) is 5.32 Å². The standard InChI is InChI=1S/C19H20N2O3/c1-13-4-3-5-15(10-13)19(23)20-16-6-7-17-14(11-16)8-9-21(17)18(22)12-24-2/h3-7,10-11H,8-9,12H2,1-2H3,(H,20,23). The van der Waals surface area contributed by atoms with Crippen LogP contribution in [-0.4, -0.2) is 32.1 Å². The number of amides is 2. The van der Waals surface area contributed by atoms with Gasteiger partial charge in [0.1, 0.15) is 6.61 Å². The summed E-state index contributed by atoms with van der Waals surface area (Å²) < 4.78 is 4.92. The lowest BCUT2D eigenvalue weighted by molar-refractivity contribution is -0.122. The normalized spacial score (nSPS) is 12.8. The fourth-order valence-electron chi connectivity index (χ4n) is 2.93. The second-order valence-corrected chi connectivity index (χ2v) is 5.90. The van der Waals surface area contributed by atoms with E-state index in [1.54, 1.807) is 11.0 Å². The monoisotopic (exact) mass is 324 g/mol. The average Bonchev–Trinajstić information content (AvgIpc) is 2.98. The van der Waals surface area contributed by atoms with Gasteiger partial charge in [-0.1, -0.05) is 17.7 Å². The van der Waals surface area contributed by atoms with E-state index in [4.69, 9.17) is 4.74 Å². The lowest BCUT2D eigenvalue weighted by atomic mass is 10.1. The van der Waals surface area contributed by atoms with Crippen LogP contribution in [0.2, 0.25) is 0 Å². The van der Waals surface area contributed by atoms with E-state index < -0.39 is 0 Å². The maximum absolute atomic E-state index is 12.3. The molecule has 0 unspecified atom stereocenters. The van der Waals surface area contributed by atoms with Crippen molar-refractivity contribution < 1.29 is 14.3 Å². The van der Waals surface area contributed by atoms with E-state index in [-0.39, 0.29) is 18.4 Å². The topological polar surface area (TPSA) is 58.6 Å². The number of rotatable bonds is 4. The SMILES string of the molecule is COCC(=O)N1CCc2cc(NC(=O)c3cccc(C)c3)ccc21. The number of benzene rings is 2. The van der Waals surface area contributed by atoms with E-state index in [0.29, 0.717) is 12.1 Å². The Balaban J connectivity index is 1.75. The van der Waals surface area contributed by atoms with Crippen molar-refractivity contribution in [1.29, 1.82) is 0 Å². The number of nitrogens with zero attached hydrogens (tertiary/aromatic N) is 1. The van der Waals surface area contributed by atoms with E-state index in [1.165, 1.54) is 7.11 Å². The Morgan fingerprint density at radius 1 is 1.21 bits per heavy atom. The predicted octanol–water partition coefficient (Wildman–Crippen LogP) is 2.78. The zero-order chi connectivity index (χ0) is 17.1. The molecule has 0 bridgehead atoms. The molecule has 0 fully saturated rings. The van der Waals surface area contributed by atoms with Gasteiger partial charge < -0.3 is 15.0 Å². The van der Waals surface area contributed by atoms with Gasteiger partial charge in [0, 0.05) is 30.6 Å². The quantitative estimate of drug-likeness (QED) is 0.941. The van der Waals surface area contributed by atoms with E-state index in [0.717, 1.165) is 28.9 Å². The molecule has 24 heavy (non-hydrogen) atoms. The number of fused-ring (bicyclic) bond motifs is 1. The Kier molecular flexibility index (Phi) is 4.62. The fourth-order valence-corrected chi connectivity index (χ4v) is 2.93. The molecule has 0 atom stereocenters. The second kappa shape index (κ2) is 6.84. The smallest absolute Gasteiger partial charge is 0.255 e. The predicted molar refractivity (Wildman–Crippen MR) is 93.5 cm³/mol. The Morgan fingerprint density at radius 3 is 2.79 bits per heavy atom. The molecule has 5 nitrogen and oxygen atoms in total. The van der Waals surface area contributed by atoms with Crippen LogP contribution in [0.1, 0.15) is 21.5 Å². The second-order valence-electron chi connectivity index (χ2n) is 5.90. The van der Waals surface area contributed by atoms with Crippen LogP contribution in [0.3, 0.4) is 0 Å². The maximum atomic E-state index is 12.3. The summed E-state index contributed by atoms with van der Waals surface area (Å²) in [6, 6.07) is 13.1. The summed E-state index contributed by atoms with van der Waals surface area (Å²) in [4.78, 5) is 26.1. The minimum atomic E-state index is -0.135. The van der Waals surface area contributed by atoms with Crippen LogP contribution in [-0.2, 0) is 16.0 Å². The highest BCUT2D eigenvalue weighted by atomic mass is 16.5. The molecule has 0 aliphatic carbocycles. The Bertz CT molecular complexity index is 786. The molecule has 3 rings (SSSR count). The fraction of sp³-hybridized carbons (Fsp3) is 0.263. The minimum absolute atomic E-state index is 0.0483. The molecule has 0 spiro atoms. The van der Waals surface area contributed by atoms with E-state index >= 15 is 0 Å². The number of methoxy groups -OCH3 is 1. The minimum Gasteiger partial charge on any atom is -0.375 e. The van der Waals surface area contributed by atoms with Gasteiger partial charge in [-0.2, -0.15) is 0 Å². The molecule has 0 saturated carbocycles. The highest BCUT2D eigenvalue weighted by molar-refractivity contribution is 6.05. The number of nitrogens with one attached hydrogen (secondary N) is 1. The van der Waals surface area contributed by atoms with Gasteiger partial charge in [0.25, 0.3) is 11.8 Å². The zero-order valence-corrected chi connectivity index (χ0v) is 13.8. The molecular weight excluding hydrogens is 304 g/mol. The van der Waals surface area contributed by atoms with Gasteiger partial charge >= 0.3 is 0 Å². The molecule has 1 heterocycles. The number of aryl methyl sites for hydroxylation is 1. The first-order valence-corrected chi connectivity index (χ1v) is 7.89. The van der Waals surface area contributed by atoms with Gasteiger partial charge in [-0.3, -0.25) is 9.59 Å². The third-order valence-electron chi connectivity index (χ3n) is 4.08. The molecule has 0 aromatic heterocycles. The summed E-state index contributed by atoms with van der Waals surface area (Å²) in [6.07, 6.45) is 0.777. The third-order valence-corrected chi connectivity index (χ3v) is 4.08. The van der Waals surface area contributed by atoms with Crippen LogP contribution in [0.25, 0.3) is 0 Å². The summed E-state index contributed by atoms with van der Waals surface area (Å²) in [5.41, 5.74) is 4.37. The van der Waals surface area contributed by atoms with Crippen LogP contribution in [0.4, 0.5) is 11.4 Å². The van der Waals surface area contributed by atoms with Crippen molar-refractivity contribution in [2.75, 3.05) is 30.5 Å². The van der Waals surface area contributed by atoms with Crippen LogP contribution >= 0.6 is 0 Å². The van der Waals surface area contributed by atoms with Crippen LogP contribution in [0.5, 0.6) is 0 Å². The Hall–Kier alpha value is -2.66. The molecule has 124 valence electrons. The molecule has 2 aromatic carbocycles. The van der Waals surface area contributed by atoms with Crippen molar-refractivity contribution in [3.63, 3.8) is 0 Å². The molecule has 1 aliphatic rings. The molecule has 2 aromatic rings. The lowest BCUT2D eigenvalue weighted by Crippen LogP contribution is -2.31. The van der Waals surface area contributed by atoms with Gasteiger partial charge in [-0.15, -0.1) is 0 Å². The van der Waals surface area contributed by atoms with Gasteiger partial charge in [0.2, 0.25) is 0 Å². The highest BCUT2D eigenvalue weighted by Crippen LogP contribution is 2.30. The van der Waals surface area contributed by atoms with Crippen molar-refractivity contribution in [3.8, 4) is 0 Å². The average molecular weight is 324 g/mol. The zero-order valence-electron chi connectivity index (χ0n) is 13.8. The van der Waals surface area contributed by atoms with Gasteiger partial charge in [-0.05, 0) is 49.2 Å². The Morgan fingerprint density at radius 2 is 2.04 bits per heavy atom.